The number of fused-ring (bicyclic) bond motifs is 2. The van der Waals surface area contributed by atoms with Crippen LogP contribution in [0.2, 0.25) is 5.02 Å². The summed E-state index contributed by atoms with van der Waals surface area (Å²) in [4.78, 5) is 51.4. The Morgan fingerprint density at radius 2 is 1.72 bits per heavy atom. The van der Waals surface area contributed by atoms with E-state index in [1.54, 1.807) is 35.5 Å². The number of nitrogens with one attached hydrogen (secondary N) is 1. The number of rotatable bonds is 5. The van der Waals surface area contributed by atoms with E-state index in [4.69, 9.17) is 16.3 Å². The Bertz CT molecular complexity index is 1410. The van der Waals surface area contributed by atoms with Crippen molar-refractivity contribution in [2.45, 2.75) is 44.3 Å². The standard InChI is InChI=1S/C33H38ClN5O4/c1-43-30-11-10-26(34)20-28(30)33(42)39-23-27-21-29(39)31(40)36-14-5-6-17-37(22-24-12-15-35-16-13-24)18-7-19-38(27)32(41)25-8-3-2-4-9-25/h2-4,8-13,15-16,20,27,29H,5-7,14,17-19,21-23H2,1H3,(H,36,40)/t27-,29-/m0/s1. The molecule has 3 aromatic rings. The van der Waals surface area contributed by atoms with Gasteiger partial charge >= 0.3 is 0 Å². The Morgan fingerprint density at radius 3 is 2.49 bits per heavy atom. The molecule has 0 radical (unpaired) electrons. The first-order valence-electron chi connectivity index (χ1n) is 14.8. The first kappa shape index (κ1) is 30.5. The van der Waals surface area contributed by atoms with E-state index in [-0.39, 0.29) is 30.3 Å². The summed E-state index contributed by atoms with van der Waals surface area (Å²) in [6, 6.07) is 17.1. The third-order valence-corrected chi connectivity index (χ3v) is 8.42. The molecule has 9 nitrogen and oxygen atoms in total. The number of hydrogen-bond acceptors (Lipinski definition) is 6. The van der Waals surface area contributed by atoms with E-state index in [0.717, 1.165) is 38.9 Å². The number of amides is 3. The summed E-state index contributed by atoms with van der Waals surface area (Å²) >= 11 is 6.26. The Kier molecular flexibility index (Phi) is 10.3. The van der Waals surface area contributed by atoms with Crippen LogP contribution in [0.3, 0.4) is 0 Å². The summed E-state index contributed by atoms with van der Waals surface area (Å²) in [6.07, 6.45) is 6.44. The van der Waals surface area contributed by atoms with Crippen LogP contribution >= 0.6 is 11.6 Å². The van der Waals surface area contributed by atoms with Gasteiger partial charge in [-0.25, -0.2) is 0 Å². The minimum absolute atomic E-state index is 0.104. The van der Waals surface area contributed by atoms with Crippen LogP contribution in [0, 0.1) is 0 Å². The molecule has 226 valence electrons. The van der Waals surface area contributed by atoms with E-state index >= 15 is 0 Å². The van der Waals surface area contributed by atoms with Crippen LogP contribution in [0.15, 0.2) is 73.1 Å². The van der Waals surface area contributed by atoms with E-state index in [1.165, 1.54) is 12.7 Å². The molecule has 2 atom stereocenters. The van der Waals surface area contributed by atoms with Crippen molar-refractivity contribution in [1.82, 2.24) is 25.0 Å². The zero-order chi connectivity index (χ0) is 30.2. The molecule has 0 aliphatic carbocycles. The third kappa shape index (κ3) is 7.53. The molecule has 1 aromatic heterocycles. The van der Waals surface area contributed by atoms with Gasteiger partial charge in [-0.05, 0) is 80.3 Å². The van der Waals surface area contributed by atoms with Crippen LogP contribution < -0.4 is 10.1 Å². The van der Waals surface area contributed by atoms with Gasteiger partial charge in [0.1, 0.15) is 11.8 Å². The van der Waals surface area contributed by atoms with Crippen LogP contribution in [-0.2, 0) is 11.3 Å². The molecule has 1 N–H and O–H groups in total. The molecule has 3 amide bonds. The second-order valence-electron chi connectivity index (χ2n) is 11.1. The molecular formula is C33H38ClN5O4. The zero-order valence-electron chi connectivity index (χ0n) is 24.5. The molecule has 3 heterocycles. The molecule has 0 unspecified atom stereocenters. The maximum Gasteiger partial charge on any atom is 0.258 e. The molecule has 0 spiro atoms. The lowest BCUT2D eigenvalue weighted by Crippen LogP contribution is -2.46. The fourth-order valence-electron chi connectivity index (χ4n) is 5.98. The SMILES string of the molecule is COc1ccc(Cl)cc1C(=O)N1C[C@@H]2C[C@H]1C(=O)NCCCCN(Cc1ccncc1)CCCN2C(=O)c1ccccc1. The topological polar surface area (TPSA) is 95.1 Å². The average Bonchev–Trinajstić information content (AvgIpc) is 3.48. The lowest BCUT2D eigenvalue weighted by molar-refractivity contribution is -0.124. The second kappa shape index (κ2) is 14.5. The maximum absolute atomic E-state index is 14.0. The molecule has 5 rings (SSSR count). The number of carbonyl (C=O) groups is 3. The number of hydrogen-bond donors (Lipinski definition) is 1. The molecule has 2 fully saturated rings. The smallest absolute Gasteiger partial charge is 0.258 e. The van der Waals surface area contributed by atoms with E-state index < -0.39 is 6.04 Å². The van der Waals surface area contributed by atoms with Gasteiger partial charge in [0, 0.05) is 55.7 Å². The van der Waals surface area contributed by atoms with Gasteiger partial charge in [0.25, 0.3) is 11.8 Å². The van der Waals surface area contributed by atoms with Gasteiger partial charge in [0.2, 0.25) is 5.91 Å². The fourth-order valence-corrected chi connectivity index (χ4v) is 6.15. The van der Waals surface area contributed by atoms with Crippen molar-refractivity contribution in [1.29, 1.82) is 0 Å². The van der Waals surface area contributed by atoms with Crippen LogP contribution in [-0.4, -0.2) is 89.3 Å². The van der Waals surface area contributed by atoms with Crippen LogP contribution in [0.4, 0.5) is 0 Å². The van der Waals surface area contributed by atoms with Gasteiger partial charge in [-0.3, -0.25) is 24.3 Å². The Hall–Kier alpha value is -3.95. The van der Waals surface area contributed by atoms with Crippen molar-refractivity contribution in [3.8, 4) is 5.75 Å². The van der Waals surface area contributed by atoms with E-state index in [9.17, 15) is 14.4 Å². The summed E-state index contributed by atoms with van der Waals surface area (Å²) in [6.45, 7) is 3.71. The second-order valence-corrected chi connectivity index (χ2v) is 11.5. The highest BCUT2D eigenvalue weighted by molar-refractivity contribution is 6.31. The first-order chi connectivity index (χ1) is 20.9. The minimum atomic E-state index is -0.724. The molecule has 0 saturated carbocycles. The number of methoxy groups -OCH3 is 1. The number of ether oxygens (including phenoxy) is 1. The summed E-state index contributed by atoms with van der Waals surface area (Å²) in [5.41, 5.74) is 2.06. The lowest BCUT2D eigenvalue weighted by Gasteiger charge is -2.31. The van der Waals surface area contributed by atoms with Crippen molar-refractivity contribution in [3.05, 3.63) is 94.8 Å². The van der Waals surface area contributed by atoms with Gasteiger partial charge < -0.3 is 19.9 Å². The lowest BCUT2D eigenvalue weighted by atomic mass is 10.1. The van der Waals surface area contributed by atoms with Crippen LogP contribution in [0.5, 0.6) is 5.75 Å². The number of carbonyl (C=O) groups excluding carboxylic acids is 3. The zero-order valence-corrected chi connectivity index (χ0v) is 25.2. The van der Waals surface area contributed by atoms with Gasteiger partial charge in [0.15, 0.2) is 0 Å². The summed E-state index contributed by atoms with van der Waals surface area (Å²) in [5.74, 6) is -0.279. The molecule has 2 aliphatic rings. The predicted octanol–water partition coefficient (Wildman–Crippen LogP) is 4.27. The highest BCUT2D eigenvalue weighted by Crippen LogP contribution is 2.30. The van der Waals surface area contributed by atoms with E-state index in [0.29, 0.717) is 41.4 Å². The summed E-state index contributed by atoms with van der Waals surface area (Å²) in [5, 5.41) is 3.46. The van der Waals surface area contributed by atoms with E-state index in [1.807, 2.05) is 47.4 Å². The molecular weight excluding hydrogens is 566 g/mol. The Morgan fingerprint density at radius 1 is 0.953 bits per heavy atom. The van der Waals surface area contributed by atoms with Crippen molar-refractivity contribution >= 4 is 29.3 Å². The number of aromatic nitrogens is 1. The number of likely N-dealkylation sites (tertiary alicyclic amines) is 1. The van der Waals surface area contributed by atoms with Gasteiger partial charge in [-0.1, -0.05) is 29.8 Å². The molecule has 10 heteroatoms. The quantitative estimate of drug-likeness (QED) is 0.468. The molecule has 43 heavy (non-hydrogen) atoms. The Labute approximate surface area is 257 Å². The molecule has 2 bridgehead atoms. The number of nitrogens with zero attached hydrogens (tertiary/aromatic N) is 4. The van der Waals surface area contributed by atoms with Crippen molar-refractivity contribution < 1.29 is 19.1 Å². The minimum Gasteiger partial charge on any atom is -0.496 e. The average molecular weight is 604 g/mol. The van der Waals surface area contributed by atoms with E-state index in [2.05, 4.69) is 15.2 Å². The maximum atomic E-state index is 14.0. The van der Waals surface area contributed by atoms with Crippen molar-refractivity contribution in [2.75, 3.05) is 39.8 Å². The fraction of sp³-hybridized carbons (Fsp3) is 0.394. The van der Waals surface area contributed by atoms with Gasteiger partial charge in [-0.2, -0.15) is 0 Å². The molecule has 2 aliphatic heterocycles. The van der Waals surface area contributed by atoms with Crippen LogP contribution in [0.1, 0.15) is 52.0 Å². The monoisotopic (exact) mass is 603 g/mol. The normalized spacial score (nSPS) is 20.3. The summed E-state index contributed by atoms with van der Waals surface area (Å²) in [7, 11) is 1.50. The number of benzene rings is 2. The number of pyridine rings is 1. The summed E-state index contributed by atoms with van der Waals surface area (Å²) < 4.78 is 5.46. The molecule has 2 aromatic carbocycles. The van der Waals surface area contributed by atoms with Gasteiger partial charge in [-0.15, -0.1) is 0 Å². The van der Waals surface area contributed by atoms with Crippen molar-refractivity contribution in [2.24, 2.45) is 0 Å². The number of halogens is 1. The van der Waals surface area contributed by atoms with Crippen LogP contribution in [0.25, 0.3) is 0 Å². The highest BCUT2D eigenvalue weighted by Gasteiger charge is 2.43. The Balaban J connectivity index is 1.43. The van der Waals surface area contributed by atoms with Gasteiger partial charge in [0.05, 0.1) is 18.7 Å². The third-order valence-electron chi connectivity index (χ3n) is 8.19. The first-order valence-corrected chi connectivity index (χ1v) is 15.2. The predicted molar refractivity (Wildman–Crippen MR) is 165 cm³/mol. The van der Waals surface area contributed by atoms with Crippen molar-refractivity contribution in [3.63, 3.8) is 0 Å². The highest BCUT2D eigenvalue weighted by atomic mass is 35.5. The molecule has 2 saturated heterocycles. The largest absolute Gasteiger partial charge is 0.496 e.